The topological polar surface area (TPSA) is 57.7 Å². The summed E-state index contributed by atoms with van der Waals surface area (Å²) in [4.78, 5) is 15.7. The summed E-state index contributed by atoms with van der Waals surface area (Å²) in [7, 11) is 2.75. The van der Waals surface area contributed by atoms with Gasteiger partial charge in [0.05, 0.1) is 25.3 Å². The predicted octanol–water partition coefficient (Wildman–Crippen LogP) is 3.45. The molecule has 0 unspecified atom stereocenters. The van der Waals surface area contributed by atoms with Gasteiger partial charge in [0.2, 0.25) is 5.88 Å². The first-order chi connectivity index (χ1) is 10.6. The normalized spacial score (nSPS) is 12.2. The van der Waals surface area contributed by atoms with E-state index >= 15 is 0 Å². The van der Waals surface area contributed by atoms with Gasteiger partial charge >= 0.3 is 5.97 Å². The monoisotopic (exact) mass is 301 g/mol. The van der Waals surface area contributed by atoms with E-state index in [1.54, 1.807) is 12.1 Å². The Balaban J connectivity index is 2.11. The van der Waals surface area contributed by atoms with E-state index in [1.807, 2.05) is 0 Å². The minimum Gasteiger partial charge on any atom is -0.481 e. The zero-order valence-corrected chi connectivity index (χ0v) is 11.9. The molecule has 22 heavy (non-hydrogen) atoms. The quantitative estimate of drug-likeness (QED) is 0.795. The number of carbonyl (C=O) groups excluding carboxylic acids is 1. The molecule has 1 aliphatic heterocycles. The number of hydrogen-bond acceptors (Lipinski definition) is 5. The first kappa shape index (κ1) is 14.1. The second-order valence-corrected chi connectivity index (χ2v) is 4.53. The number of pyridine rings is 1. The third-order valence-corrected chi connectivity index (χ3v) is 3.21. The summed E-state index contributed by atoms with van der Waals surface area (Å²) in [6, 6.07) is 7.63. The van der Waals surface area contributed by atoms with Gasteiger partial charge in [0.25, 0.3) is 0 Å². The van der Waals surface area contributed by atoms with Gasteiger partial charge in [-0.3, -0.25) is 0 Å². The van der Waals surface area contributed by atoms with Crippen LogP contribution in [0.5, 0.6) is 17.4 Å². The van der Waals surface area contributed by atoms with Gasteiger partial charge in [-0.25, -0.2) is 14.2 Å². The van der Waals surface area contributed by atoms with Crippen molar-refractivity contribution in [2.45, 2.75) is 0 Å². The molecule has 0 radical (unpaired) electrons. The summed E-state index contributed by atoms with van der Waals surface area (Å²) >= 11 is 0. The van der Waals surface area contributed by atoms with Crippen LogP contribution >= 0.6 is 0 Å². The molecule has 0 saturated heterocycles. The lowest BCUT2D eigenvalue weighted by molar-refractivity contribution is 0.0600. The van der Waals surface area contributed by atoms with Crippen molar-refractivity contribution < 1.29 is 23.4 Å². The molecule has 6 heteroatoms. The van der Waals surface area contributed by atoms with Gasteiger partial charge < -0.3 is 14.2 Å². The fraction of sp³-hybridized carbons (Fsp3) is 0.125. The van der Waals surface area contributed by atoms with Crippen molar-refractivity contribution in [2.75, 3.05) is 14.2 Å². The predicted molar refractivity (Wildman–Crippen MR) is 77.6 cm³/mol. The highest BCUT2D eigenvalue weighted by Crippen LogP contribution is 2.39. The average Bonchev–Trinajstić information content (AvgIpc) is 2.68. The molecule has 0 aliphatic carbocycles. The Bertz CT molecular complexity index is 786. The van der Waals surface area contributed by atoms with Gasteiger partial charge in [0, 0.05) is 12.1 Å². The van der Waals surface area contributed by atoms with Crippen LogP contribution in [0.15, 0.2) is 30.3 Å². The second kappa shape index (κ2) is 5.48. The van der Waals surface area contributed by atoms with E-state index in [0.717, 1.165) is 0 Å². The SMILES string of the molecule is COC(=O)c1ccc2c(c1)Oc1ccc(OC)nc1C=C2F. The highest BCUT2D eigenvalue weighted by Gasteiger charge is 2.20. The van der Waals surface area contributed by atoms with Crippen LogP contribution < -0.4 is 9.47 Å². The van der Waals surface area contributed by atoms with Crippen molar-refractivity contribution in [1.82, 2.24) is 4.98 Å². The van der Waals surface area contributed by atoms with Crippen LogP contribution in [0.4, 0.5) is 4.39 Å². The number of ether oxygens (including phenoxy) is 3. The molecule has 2 heterocycles. The van der Waals surface area contributed by atoms with Crippen LogP contribution in [0.2, 0.25) is 0 Å². The van der Waals surface area contributed by atoms with Crippen LogP contribution in [0, 0.1) is 0 Å². The number of benzene rings is 1. The molecule has 112 valence electrons. The molecule has 5 nitrogen and oxygen atoms in total. The molecular formula is C16H12FNO4. The molecule has 0 spiro atoms. The Morgan fingerprint density at radius 1 is 1.18 bits per heavy atom. The van der Waals surface area contributed by atoms with E-state index in [1.165, 1.54) is 38.5 Å². The lowest BCUT2D eigenvalue weighted by atomic mass is 10.1. The Morgan fingerprint density at radius 2 is 2.00 bits per heavy atom. The third kappa shape index (κ3) is 2.39. The van der Waals surface area contributed by atoms with Crippen molar-refractivity contribution in [3.05, 3.63) is 47.2 Å². The van der Waals surface area contributed by atoms with Gasteiger partial charge in [-0.2, -0.15) is 0 Å². The fourth-order valence-corrected chi connectivity index (χ4v) is 2.11. The summed E-state index contributed by atoms with van der Waals surface area (Å²) in [5.74, 6) is -0.0780. The molecule has 0 saturated carbocycles. The zero-order valence-electron chi connectivity index (χ0n) is 11.9. The maximum Gasteiger partial charge on any atom is 0.337 e. The van der Waals surface area contributed by atoms with E-state index in [9.17, 15) is 9.18 Å². The number of carbonyl (C=O) groups is 1. The van der Waals surface area contributed by atoms with Gasteiger partial charge in [0.15, 0.2) is 5.75 Å². The van der Waals surface area contributed by atoms with Crippen molar-refractivity contribution in [3.63, 3.8) is 0 Å². The summed E-state index contributed by atoms with van der Waals surface area (Å²) in [6.07, 6.45) is 1.27. The van der Waals surface area contributed by atoms with Crippen molar-refractivity contribution in [3.8, 4) is 17.4 Å². The first-order valence-electron chi connectivity index (χ1n) is 6.45. The number of aromatic nitrogens is 1. The Hall–Kier alpha value is -2.89. The molecule has 2 aromatic rings. The molecular weight excluding hydrogens is 289 g/mol. The minimum absolute atomic E-state index is 0.224. The molecule has 0 N–H and O–H groups in total. The van der Waals surface area contributed by atoms with Crippen LogP contribution in [-0.4, -0.2) is 25.2 Å². The van der Waals surface area contributed by atoms with Gasteiger partial charge in [0.1, 0.15) is 17.3 Å². The summed E-state index contributed by atoms with van der Waals surface area (Å²) in [5, 5.41) is 0. The highest BCUT2D eigenvalue weighted by molar-refractivity contribution is 5.91. The van der Waals surface area contributed by atoms with E-state index in [4.69, 9.17) is 9.47 Å². The molecule has 1 aliphatic rings. The summed E-state index contributed by atoms with van der Waals surface area (Å²) in [5.41, 5.74) is 0.830. The molecule has 0 atom stereocenters. The van der Waals surface area contributed by atoms with Gasteiger partial charge in [-0.15, -0.1) is 0 Å². The highest BCUT2D eigenvalue weighted by atomic mass is 19.1. The first-order valence-corrected chi connectivity index (χ1v) is 6.45. The van der Waals surface area contributed by atoms with Crippen molar-refractivity contribution in [2.24, 2.45) is 0 Å². The Morgan fingerprint density at radius 3 is 2.73 bits per heavy atom. The smallest absolute Gasteiger partial charge is 0.337 e. The average molecular weight is 301 g/mol. The Kier molecular flexibility index (Phi) is 3.50. The van der Waals surface area contributed by atoms with Crippen molar-refractivity contribution in [1.29, 1.82) is 0 Å². The van der Waals surface area contributed by atoms with Gasteiger partial charge in [-0.1, -0.05) is 0 Å². The fourth-order valence-electron chi connectivity index (χ4n) is 2.11. The lowest BCUT2D eigenvalue weighted by Crippen LogP contribution is -2.02. The van der Waals surface area contributed by atoms with Crippen LogP contribution in [0.3, 0.4) is 0 Å². The number of esters is 1. The number of nitrogens with zero attached hydrogens (tertiary/aromatic N) is 1. The molecule has 1 aromatic carbocycles. The minimum atomic E-state index is -0.520. The molecule has 0 bridgehead atoms. The zero-order chi connectivity index (χ0) is 15.7. The molecule has 0 fully saturated rings. The van der Waals surface area contributed by atoms with Crippen LogP contribution in [0.25, 0.3) is 11.9 Å². The van der Waals surface area contributed by atoms with Gasteiger partial charge in [-0.05, 0) is 24.3 Å². The number of fused-ring (bicyclic) bond motifs is 2. The number of rotatable bonds is 2. The van der Waals surface area contributed by atoms with E-state index in [-0.39, 0.29) is 16.9 Å². The molecule has 3 rings (SSSR count). The largest absolute Gasteiger partial charge is 0.481 e. The standard InChI is InChI=1S/C16H12FNO4/c1-20-15-6-5-13-12(18-15)8-11(17)10-4-3-9(16(19)21-2)7-14(10)22-13/h3-8H,1-2H3. The van der Waals surface area contributed by atoms with E-state index < -0.39 is 11.8 Å². The third-order valence-electron chi connectivity index (χ3n) is 3.21. The lowest BCUT2D eigenvalue weighted by Gasteiger charge is -2.10. The maximum absolute atomic E-state index is 14.3. The maximum atomic E-state index is 14.3. The molecule has 1 aromatic heterocycles. The summed E-state index contributed by atoms with van der Waals surface area (Å²) in [6.45, 7) is 0. The van der Waals surface area contributed by atoms with Crippen LogP contribution in [-0.2, 0) is 4.74 Å². The number of hydrogen-bond donors (Lipinski definition) is 0. The molecule has 0 amide bonds. The van der Waals surface area contributed by atoms with Crippen molar-refractivity contribution >= 4 is 17.9 Å². The van der Waals surface area contributed by atoms with Crippen LogP contribution in [0.1, 0.15) is 21.6 Å². The second-order valence-electron chi connectivity index (χ2n) is 4.53. The van der Waals surface area contributed by atoms with E-state index in [2.05, 4.69) is 9.72 Å². The number of halogens is 1. The number of methoxy groups -OCH3 is 2. The van der Waals surface area contributed by atoms with E-state index in [0.29, 0.717) is 17.3 Å². The Labute approximate surface area is 126 Å². The summed E-state index contributed by atoms with van der Waals surface area (Å²) < 4.78 is 29.7.